The van der Waals surface area contributed by atoms with Crippen LogP contribution in [-0.4, -0.2) is 5.78 Å². The van der Waals surface area contributed by atoms with Gasteiger partial charge in [-0.1, -0.05) is 13.0 Å². The van der Waals surface area contributed by atoms with Crippen LogP contribution in [0.15, 0.2) is 29.2 Å². The molecule has 70 valence electrons. The molecule has 0 spiro atoms. The molecule has 0 aliphatic heterocycles. The van der Waals surface area contributed by atoms with Crippen molar-refractivity contribution in [2.75, 3.05) is 0 Å². The molecule has 0 amide bonds. The molecule has 0 atom stereocenters. The summed E-state index contributed by atoms with van der Waals surface area (Å²) in [6, 6.07) is 3.59. The first-order chi connectivity index (χ1) is 6.27. The number of furan rings is 1. The monoisotopic (exact) mass is 178 g/mol. The Morgan fingerprint density at radius 1 is 1.62 bits per heavy atom. The van der Waals surface area contributed by atoms with Crippen LogP contribution in [0, 0.1) is 0 Å². The van der Waals surface area contributed by atoms with Crippen LogP contribution in [0.4, 0.5) is 0 Å². The van der Waals surface area contributed by atoms with Gasteiger partial charge in [-0.15, -0.1) is 6.58 Å². The van der Waals surface area contributed by atoms with Gasteiger partial charge in [-0.3, -0.25) is 4.79 Å². The summed E-state index contributed by atoms with van der Waals surface area (Å²) in [6.45, 7) is 5.56. The molecule has 2 nitrogen and oxygen atoms in total. The van der Waals surface area contributed by atoms with Crippen LogP contribution >= 0.6 is 0 Å². The molecule has 0 N–H and O–H groups in total. The maximum Gasteiger partial charge on any atom is 0.198 e. The maximum atomic E-state index is 11.4. The van der Waals surface area contributed by atoms with Crippen LogP contribution in [0.1, 0.15) is 36.1 Å². The molecule has 0 aliphatic rings. The van der Waals surface area contributed by atoms with E-state index >= 15 is 0 Å². The molecule has 1 aromatic heterocycles. The number of aryl methyl sites for hydroxylation is 1. The van der Waals surface area contributed by atoms with Gasteiger partial charge in [0, 0.05) is 12.8 Å². The number of allylic oxidation sites excluding steroid dienone is 1. The smallest absolute Gasteiger partial charge is 0.198 e. The van der Waals surface area contributed by atoms with Gasteiger partial charge in [0.25, 0.3) is 0 Å². The first-order valence-electron chi connectivity index (χ1n) is 4.50. The fraction of sp³-hybridized carbons (Fsp3) is 0.364. The summed E-state index contributed by atoms with van der Waals surface area (Å²) in [7, 11) is 0. The molecule has 1 aromatic rings. The molecule has 0 radical (unpaired) electrons. The second kappa shape index (κ2) is 4.65. The highest BCUT2D eigenvalue weighted by Crippen LogP contribution is 2.11. The van der Waals surface area contributed by atoms with Crippen molar-refractivity contribution in [1.29, 1.82) is 0 Å². The van der Waals surface area contributed by atoms with Crippen molar-refractivity contribution in [3.8, 4) is 0 Å². The highest BCUT2D eigenvalue weighted by atomic mass is 16.3. The van der Waals surface area contributed by atoms with E-state index in [-0.39, 0.29) is 5.78 Å². The quantitative estimate of drug-likeness (QED) is 0.512. The number of ketones is 1. The molecule has 0 saturated carbocycles. The van der Waals surface area contributed by atoms with E-state index in [2.05, 4.69) is 6.58 Å². The Labute approximate surface area is 78.3 Å². The van der Waals surface area contributed by atoms with Crippen molar-refractivity contribution in [2.45, 2.75) is 26.2 Å². The van der Waals surface area contributed by atoms with E-state index in [4.69, 9.17) is 4.42 Å². The molecule has 13 heavy (non-hydrogen) atoms. The average molecular weight is 178 g/mol. The van der Waals surface area contributed by atoms with Gasteiger partial charge in [-0.25, -0.2) is 0 Å². The Balaban J connectivity index is 2.60. The van der Waals surface area contributed by atoms with Gasteiger partial charge in [0.05, 0.1) is 0 Å². The minimum absolute atomic E-state index is 0.0552. The van der Waals surface area contributed by atoms with Gasteiger partial charge in [-0.2, -0.15) is 0 Å². The third kappa shape index (κ3) is 2.58. The zero-order chi connectivity index (χ0) is 9.68. The fourth-order valence-electron chi connectivity index (χ4n) is 1.07. The number of hydrogen-bond donors (Lipinski definition) is 0. The van der Waals surface area contributed by atoms with Gasteiger partial charge in [0.1, 0.15) is 5.76 Å². The van der Waals surface area contributed by atoms with Crippen LogP contribution in [0.5, 0.6) is 0 Å². The zero-order valence-electron chi connectivity index (χ0n) is 7.88. The standard InChI is InChI=1S/C11H14O2/c1-3-5-6-10(12)11-8-7-9(4-2)13-11/h3,7-8H,1,4-6H2,2H3. The van der Waals surface area contributed by atoms with Crippen molar-refractivity contribution in [3.63, 3.8) is 0 Å². The van der Waals surface area contributed by atoms with Crippen molar-refractivity contribution in [2.24, 2.45) is 0 Å². The van der Waals surface area contributed by atoms with Crippen LogP contribution in [-0.2, 0) is 6.42 Å². The van der Waals surface area contributed by atoms with Crippen molar-refractivity contribution in [3.05, 3.63) is 36.3 Å². The largest absolute Gasteiger partial charge is 0.458 e. The second-order valence-corrected chi connectivity index (χ2v) is 2.87. The van der Waals surface area contributed by atoms with Gasteiger partial charge in [0.15, 0.2) is 11.5 Å². The lowest BCUT2D eigenvalue weighted by Crippen LogP contribution is -1.95. The van der Waals surface area contributed by atoms with E-state index in [1.165, 1.54) is 0 Å². The van der Waals surface area contributed by atoms with Gasteiger partial charge in [-0.05, 0) is 18.6 Å². The van der Waals surface area contributed by atoms with Crippen molar-refractivity contribution >= 4 is 5.78 Å². The van der Waals surface area contributed by atoms with Gasteiger partial charge < -0.3 is 4.42 Å². The second-order valence-electron chi connectivity index (χ2n) is 2.87. The first-order valence-corrected chi connectivity index (χ1v) is 4.50. The Hall–Kier alpha value is -1.31. The summed E-state index contributed by atoms with van der Waals surface area (Å²) < 4.78 is 5.31. The average Bonchev–Trinajstić information content (AvgIpc) is 2.62. The number of Topliss-reactive ketones (excluding diaryl/α,β-unsaturated/α-hetero) is 1. The van der Waals surface area contributed by atoms with Gasteiger partial charge >= 0.3 is 0 Å². The molecular formula is C11H14O2. The predicted octanol–water partition coefficient (Wildman–Crippen LogP) is 2.99. The Morgan fingerprint density at radius 2 is 2.38 bits per heavy atom. The summed E-state index contributed by atoms with van der Waals surface area (Å²) in [5, 5.41) is 0. The molecule has 1 rings (SSSR count). The molecule has 0 aromatic carbocycles. The highest BCUT2D eigenvalue weighted by molar-refractivity contribution is 5.93. The lowest BCUT2D eigenvalue weighted by atomic mass is 10.2. The number of carbonyl (C=O) groups excluding carboxylic acids is 1. The minimum Gasteiger partial charge on any atom is -0.458 e. The number of carbonyl (C=O) groups is 1. The maximum absolute atomic E-state index is 11.4. The molecule has 0 aliphatic carbocycles. The fourth-order valence-corrected chi connectivity index (χ4v) is 1.07. The molecule has 1 heterocycles. The van der Waals surface area contributed by atoms with Crippen LogP contribution in [0.3, 0.4) is 0 Å². The normalized spacial score (nSPS) is 9.92. The van der Waals surface area contributed by atoms with E-state index in [9.17, 15) is 4.79 Å². The molecule has 0 bridgehead atoms. The minimum atomic E-state index is 0.0552. The summed E-state index contributed by atoms with van der Waals surface area (Å²) >= 11 is 0. The zero-order valence-corrected chi connectivity index (χ0v) is 7.88. The third-order valence-corrected chi connectivity index (χ3v) is 1.86. The summed E-state index contributed by atoms with van der Waals surface area (Å²) in [4.78, 5) is 11.4. The van der Waals surface area contributed by atoms with E-state index in [0.29, 0.717) is 18.6 Å². The van der Waals surface area contributed by atoms with Crippen LogP contribution in [0.25, 0.3) is 0 Å². The molecule has 0 unspecified atom stereocenters. The Morgan fingerprint density at radius 3 is 2.92 bits per heavy atom. The highest BCUT2D eigenvalue weighted by Gasteiger charge is 2.08. The van der Waals surface area contributed by atoms with E-state index in [0.717, 1.165) is 12.2 Å². The Kier molecular flexibility index (Phi) is 3.50. The van der Waals surface area contributed by atoms with Gasteiger partial charge in [0.2, 0.25) is 0 Å². The van der Waals surface area contributed by atoms with Crippen LogP contribution < -0.4 is 0 Å². The summed E-state index contributed by atoms with van der Waals surface area (Å²) in [6.07, 6.45) is 3.76. The van der Waals surface area contributed by atoms with E-state index in [1.54, 1.807) is 12.1 Å². The Bertz CT molecular complexity index is 297. The van der Waals surface area contributed by atoms with Crippen molar-refractivity contribution in [1.82, 2.24) is 0 Å². The predicted molar refractivity (Wildman–Crippen MR) is 51.8 cm³/mol. The molecule has 0 fully saturated rings. The lowest BCUT2D eigenvalue weighted by Gasteiger charge is -1.93. The van der Waals surface area contributed by atoms with E-state index in [1.807, 2.05) is 13.0 Å². The molecule has 2 heteroatoms. The third-order valence-electron chi connectivity index (χ3n) is 1.86. The number of rotatable bonds is 5. The lowest BCUT2D eigenvalue weighted by molar-refractivity contribution is 0.0955. The molecular weight excluding hydrogens is 164 g/mol. The first kappa shape index (κ1) is 9.78. The number of hydrogen-bond acceptors (Lipinski definition) is 2. The SMILES string of the molecule is C=CCCC(=O)c1ccc(CC)o1. The molecule has 0 saturated heterocycles. The summed E-state index contributed by atoms with van der Waals surface area (Å²) in [5.74, 6) is 1.39. The van der Waals surface area contributed by atoms with Crippen LogP contribution in [0.2, 0.25) is 0 Å². The van der Waals surface area contributed by atoms with Crippen molar-refractivity contribution < 1.29 is 9.21 Å². The summed E-state index contributed by atoms with van der Waals surface area (Å²) in [5.41, 5.74) is 0. The van der Waals surface area contributed by atoms with E-state index < -0.39 is 0 Å². The topological polar surface area (TPSA) is 30.2 Å².